The lowest BCUT2D eigenvalue weighted by Gasteiger charge is -1.99. The molecule has 0 spiro atoms. The zero-order valence-corrected chi connectivity index (χ0v) is 7.40. The van der Waals surface area contributed by atoms with Crippen LogP contribution in [-0.2, 0) is 6.54 Å². The van der Waals surface area contributed by atoms with Crippen molar-refractivity contribution < 1.29 is 4.74 Å². The second kappa shape index (κ2) is 2.25. The van der Waals surface area contributed by atoms with Gasteiger partial charge in [0.25, 0.3) is 6.01 Å². The fourth-order valence-electron chi connectivity index (χ4n) is 1.79. The molecular formula is C10H10N2O. The van der Waals surface area contributed by atoms with Gasteiger partial charge in [0.05, 0.1) is 17.6 Å². The van der Waals surface area contributed by atoms with Crippen LogP contribution in [0.4, 0.5) is 0 Å². The van der Waals surface area contributed by atoms with Crippen LogP contribution in [0, 0.1) is 0 Å². The van der Waals surface area contributed by atoms with E-state index < -0.39 is 0 Å². The Morgan fingerprint density at radius 1 is 1.46 bits per heavy atom. The molecule has 2 aromatic rings. The van der Waals surface area contributed by atoms with Crippen molar-refractivity contribution in [2.75, 3.05) is 0 Å². The van der Waals surface area contributed by atoms with Gasteiger partial charge in [-0.1, -0.05) is 12.1 Å². The number of imidazole rings is 1. The van der Waals surface area contributed by atoms with Crippen molar-refractivity contribution in [2.24, 2.45) is 0 Å². The second-order valence-electron chi connectivity index (χ2n) is 3.42. The Kier molecular flexibility index (Phi) is 1.20. The minimum absolute atomic E-state index is 0.257. The van der Waals surface area contributed by atoms with Crippen LogP contribution in [0.2, 0.25) is 0 Å². The van der Waals surface area contributed by atoms with Crippen molar-refractivity contribution in [2.45, 2.75) is 19.6 Å². The molecule has 1 aromatic heterocycles. The molecule has 3 rings (SSSR count). The van der Waals surface area contributed by atoms with Gasteiger partial charge in [-0.15, -0.1) is 0 Å². The van der Waals surface area contributed by atoms with Crippen LogP contribution in [0.25, 0.3) is 11.0 Å². The smallest absolute Gasteiger partial charge is 0.297 e. The van der Waals surface area contributed by atoms with E-state index >= 15 is 0 Å². The quantitative estimate of drug-likeness (QED) is 0.609. The molecule has 3 nitrogen and oxygen atoms in total. The summed E-state index contributed by atoms with van der Waals surface area (Å²) >= 11 is 0. The predicted molar refractivity (Wildman–Crippen MR) is 49.8 cm³/mol. The first kappa shape index (κ1) is 6.95. The van der Waals surface area contributed by atoms with Crippen LogP contribution in [0.3, 0.4) is 0 Å². The van der Waals surface area contributed by atoms with Crippen LogP contribution in [0.5, 0.6) is 6.01 Å². The van der Waals surface area contributed by atoms with E-state index in [2.05, 4.69) is 22.5 Å². The molecule has 0 radical (unpaired) electrons. The summed E-state index contributed by atoms with van der Waals surface area (Å²) in [6.45, 7) is 2.97. The molecular weight excluding hydrogens is 164 g/mol. The molecule has 66 valence electrons. The van der Waals surface area contributed by atoms with Crippen molar-refractivity contribution >= 4 is 11.0 Å². The summed E-state index contributed by atoms with van der Waals surface area (Å²) in [5.41, 5.74) is 2.19. The molecule has 0 aliphatic carbocycles. The number of rotatable bonds is 0. The molecule has 13 heavy (non-hydrogen) atoms. The Hall–Kier alpha value is -1.51. The van der Waals surface area contributed by atoms with Crippen LogP contribution < -0.4 is 4.74 Å². The van der Waals surface area contributed by atoms with Gasteiger partial charge in [0.2, 0.25) is 0 Å². The Morgan fingerprint density at radius 3 is 3.23 bits per heavy atom. The van der Waals surface area contributed by atoms with Crippen LogP contribution >= 0.6 is 0 Å². The third-order valence-electron chi connectivity index (χ3n) is 2.37. The topological polar surface area (TPSA) is 27.1 Å². The number of hydrogen-bond donors (Lipinski definition) is 0. The van der Waals surface area contributed by atoms with Gasteiger partial charge in [-0.2, -0.15) is 4.98 Å². The second-order valence-corrected chi connectivity index (χ2v) is 3.42. The van der Waals surface area contributed by atoms with Crippen LogP contribution in [-0.4, -0.2) is 15.7 Å². The van der Waals surface area contributed by atoms with E-state index in [4.69, 9.17) is 4.74 Å². The zero-order valence-electron chi connectivity index (χ0n) is 7.40. The molecule has 1 aliphatic rings. The molecule has 0 N–H and O–H groups in total. The average molecular weight is 174 g/mol. The summed E-state index contributed by atoms with van der Waals surface area (Å²) in [6, 6.07) is 8.87. The van der Waals surface area contributed by atoms with Gasteiger partial charge >= 0.3 is 0 Å². The number of fused-ring (bicyclic) bond motifs is 3. The summed E-state index contributed by atoms with van der Waals surface area (Å²) in [4.78, 5) is 4.38. The Balaban J connectivity index is 2.31. The molecule has 0 bridgehead atoms. The third-order valence-corrected chi connectivity index (χ3v) is 2.37. The van der Waals surface area contributed by atoms with Gasteiger partial charge < -0.3 is 4.74 Å². The molecule has 1 unspecified atom stereocenters. The zero-order chi connectivity index (χ0) is 8.84. The van der Waals surface area contributed by atoms with Gasteiger partial charge in [-0.25, -0.2) is 0 Å². The molecule has 0 saturated carbocycles. The summed E-state index contributed by atoms with van der Waals surface area (Å²) in [5.74, 6) is 0. The highest BCUT2D eigenvalue weighted by Crippen LogP contribution is 2.26. The minimum Gasteiger partial charge on any atom is -0.460 e. The fourth-order valence-corrected chi connectivity index (χ4v) is 1.79. The van der Waals surface area contributed by atoms with Gasteiger partial charge in [0, 0.05) is 0 Å². The third kappa shape index (κ3) is 0.869. The maximum atomic E-state index is 5.54. The first-order valence-electron chi connectivity index (χ1n) is 4.46. The molecule has 1 atom stereocenters. The van der Waals surface area contributed by atoms with Crippen molar-refractivity contribution in [3.63, 3.8) is 0 Å². The molecule has 1 aromatic carbocycles. The summed E-state index contributed by atoms with van der Waals surface area (Å²) in [6.07, 6.45) is 0.257. The van der Waals surface area contributed by atoms with E-state index in [0.29, 0.717) is 0 Å². The van der Waals surface area contributed by atoms with Crippen molar-refractivity contribution in [3.05, 3.63) is 24.3 Å². The molecule has 1 aliphatic heterocycles. The number of nitrogens with zero attached hydrogens (tertiary/aromatic N) is 2. The van der Waals surface area contributed by atoms with Gasteiger partial charge in [0.15, 0.2) is 0 Å². The standard InChI is InChI=1S/C10H10N2O/c1-7-6-12-9-5-3-2-4-8(9)11-10(12)13-7/h2-5,7H,6H2,1H3. The van der Waals surface area contributed by atoms with Crippen LogP contribution in [0.1, 0.15) is 6.92 Å². The number of aromatic nitrogens is 2. The average Bonchev–Trinajstić information content (AvgIpc) is 2.60. The minimum atomic E-state index is 0.257. The summed E-state index contributed by atoms with van der Waals surface area (Å²) in [5, 5.41) is 0. The van der Waals surface area contributed by atoms with E-state index in [-0.39, 0.29) is 6.10 Å². The predicted octanol–water partition coefficient (Wildman–Crippen LogP) is 1.82. The van der Waals surface area contributed by atoms with Crippen molar-refractivity contribution in [1.29, 1.82) is 0 Å². The summed E-state index contributed by atoms with van der Waals surface area (Å²) < 4.78 is 7.67. The number of ether oxygens (including phenoxy) is 1. The Labute approximate surface area is 76.0 Å². The van der Waals surface area contributed by atoms with Gasteiger partial charge in [0.1, 0.15) is 6.10 Å². The van der Waals surface area contributed by atoms with E-state index in [1.54, 1.807) is 0 Å². The van der Waals surface area contributed by atoms with Gasteiger partial charge in [-0.05, 0) is 19.1 Å². The fraction of sp³-hybridized carbons (Fsp3) is 0.300. The van der Waals surface area contributed by atoms with Crippen LogP contribution in [0.15, 0.2) is 24.3 Å². The maximum absolute atomic E-state index is 5.54. The Bertz CT molecular complexity index is 461. The van der Waals surface area contributed by atoms with E-state index in [0.717, 1.165) is 18.1 Å². The van der Waals surface area contributed by atoms with E-state index in [1.807, 2.05) is 18.2 Å². The van der Waals surface area contributed by atoms with E-state index in [1.165, 1.54) is 5.52 Å². The van der Waals surface area contributed by atoms with Crippen molar-refractivity contribution in [3.8, 4) is 6.01 Å². The highest BCUT2D eigenvalue weighted by atomic mass is 16.5. The van der Waals surface area contributed by atoms with E-state index in [9.17, 15) is 0 Å². The maximum Gasteiger partial charge on any atom is 0.297 e. The lowest BCUT2D eigenvalue weighted by Crippen LogP contribution is -2.08. The molecule has 0 amide bonds. The molecule has 0 saturated heterocycles. The number of para-hydroxylation sites is 2. The van der Waals surface area contributed by atoms with Crippen molar-refractivity contribution in [1.82, 2.24) is 9.55 Å². The number of benzene rings is 1. The lowest BCUT2D eigenvalue weighted by molar-refractivity contribution is 0.246. The highest BCUT2D eigenvalue weighted by molar-refractivity contribution is 5.76. The van der Waals surface area contributed by atoms with Gasteiger partial charge in [-0.3, -0.25) is 4.57 Å². The SMILES string of the molecule is CC1Cn2c(nc3ccccc32)O1. The number of hydrogen-bond acceptors (Lipinski definition) is 2. The monoisotopic (exact) mass is 174 g/mol. The molecule has 3 heteroatoms. The first-order valence-corrected chi connectivity index (χ1v) is 4.46. The molecule has 2 heterocycles. The summed E-state index contributed by atoms with van der Waals surface area (Å²) in [7, 11) is 0. The highest BCUT2D eigenvalue weighted by Gasteiger charge is 2.22. The lowest BCUT2D eigenvalue weighted by atomic mass is 10.3. The normalized spacial score (nSPS) is 20.2. The Morgan fingerprint density at radius 2 is 2.31 bits per heavy atom. The largest absolute Gasteiger partial charge is 0.460 e. The first-order chi connectivity index (χ1) is 6.34. The molecule has 0 fully saturated rings.